The van der Waals surface area contributed by atoms with Crippen molar-refractivity contribution in [3.8, 4) is 5.75 Å². The number of halogens is 1. The van der Waals surface area contributed by atoms with Crippen LogP contribution in [0.15, 0.2) is 18.2 Å². The van der Waals surface area contributed by atoms with Crippen molar-refractivity contribution in [2.45, 2.75) is 18.9 Å². The molecule has 1 aromatic rings. The van der Waals surface area contributed by atoms with Gasteiger partial charge in [0.05, 0.1) is 5.56 Å². The molecule has 1 saturated carbocycles. The summed E-state index contributed by atoms with van der Waals surface area (Å²) in [6, 6.07) is 4.41. The fraction of sp³-hybridized carbons (Fsp3) is 0.417. The van der Waals surface area contributed by atoms with Gasteiger partial charge in [-0.3, -0.25) is 4.79 Å². The standard InChI is InChI=1S/C12H15ClN2O2/c13-8-3-4-9(11(16)5-8)12(17)15-6-10(14)7-1-2-7/h3-5,7,10,16H,1-2,6,14H2,(H,15,17). The molecule has 0 radical (unpaired) electrons. The van der Waals surface area contributed by atoms with Crippen molar-refractivity contribution in [2.24, 2.45) is 11.7 Å². The van der Waals surface area contributed by atoms with E-state index in [9.17, 15) is 9.90 Å². The molecule has 2 rings (SSSR count). The van der Waals surface area contributed by atoms with Crippen molar-refractivity contribution in [3.05, 3.63) is 28.8 Å². The van der Waals surface area contributed by atoms with Crippen LogP contribution in [0.1, 0.15) is 23.2 Å². The third kappa shape index (κ3) is 3.11. The van der Waals surface area contributed by atoms with E-state index in [4.69, 9.17) is 17.3 Å². The molecule has 0 bridgehead atoms. The molecule has 1 atom stereocenters. The Morgan fingerprint density at radius 3 is 2.88 bits per heavy atom. The van der Waals surface area contributed by atoms with Crippen LogP contribution in [-0.4, -0.2) is 23.6 Å². The fourth-order valence-electron chi connectivity index (χ4n) is 1.69. The van der Waals surface area contributed by atoms with Gasteiger partial charge in [-0.05, 0) is 37.0 Å². The number of benzene rings is 1. The first-order chi connectivity index (χ1) is 8.08. The average Bonchev–Trinajstić information content (AvgIpc) is 3.09. The number of phenols is 1. The number of carbonyl (C=O) groups is 1. The van der Waals surface area contributed by atoms with E-state index < -0.39 is 0 Å². The van der Waals surface area contributed by atoms with Crippen molar-refractivity contribution < 1.29 is 9.90 Å². The van der Waals surface area contributed by atoms with Crippen LogP contribution in [0.5, 0.6) is 5.75 Å². The highest BCUT2D eigenvalue weighted by molar-refractivity contribution is 6.30. The number of rotatable bonds is 4. The van der Waals surface area contributed by atoms with Gasteiger partial charge in [-0.1, -0.05) is 11.6 Å². The minimum absolute atomic E-state index is 0.00777. The third-order valence-corrected chi connectivity index (χ3v) is 3.17. The Kier molecular flexibility index (Phi) is 3.54. The number of hydrogen-bond acceptors (Lipinski definition) is 3. The lowest BCUT2D eigenvalue weighted by Gasteiger charge is -2.12. The summed E-state index contributed by atoms with van der Waals surface area (Å²) in [4.78, 5) is 11.8. The Bertz CT molecular complexity index is 433. The van der Waals surface area contributed by atoms with Crippen molar-refractivity contribution in [1.29, 1.82) is 0 Å². The van der Waals surface area contributed by atoms with E-state index in [1.807, 2.05) is 0 Å². The largest absolute Gasteiger partial charge is 0.507 e. The summed E-state index contributed by atoms with van der Waals surface area (Å²) in [5, 5.41) is 12.7. The highest BCUT2D eigenvalue weighted by atomic mass is 35.5. The second-order valence-electron chi connectivity index (χ2n) is 4.37. The van der Waals surface area contributed by atoms with Gasteiger partial charge in [0.2, 0.25) is 0 Å². The summed E-state index contributed by atoms with van der Waals surface area (Å²) in [7, 11) is 0. The maximum absolute atomic E-state index is 11.8. The van der Waals surface area contributed by atoms with Crippen LogP contribution in [0.25, 0.3) is 0 Å². The molecule has 0 aliphatic heterocycles. The average molecular weight is 255 g/mol. The number of aromatic hydroxyl groups is 1. The molecule has 0 heterocycles. The lowest BCUT2D eigenvalue weighted by Crippen LogP contribution is -2.38. The van der Waals surface area contributed by atoms with Crippen LogP contribution in [0.2, 0.25) is 5.02 Å². The molecule has 5 heteroatoms. The van der Waals surface area contributed by atoms with Gasteiger partial charge >= 0.3 is 0 Å². The van der Waals surface area contributed by atoms with E-state index in [0.29, 0.717) is 17.5 Å². The summed E-state index contributed by atoms with van der Waals surface area (Å²) in [6.07, 6.45) is 2.28. The summed E-state index contributed by atoms with van der Waals surface area (Å²) in [5.41, 5.74) is 6.09. The minimum atomic E-state index is -0.324. The van der Waals surface area contributed by atoms with Crippen molar-refractivity contribution >= 4 is 17.5 Å². The van der Waals surface area contributed by atoms with Crippen LogP contribution >= 0.6 is 11.6 Å². The van der Waals surface area contributed by atoms with E-state index in [0.717, 1.165) is 12.8 Å². The molecular weight excluding hydrogens is 240 g/mol. The Balaban J connectivity index is 1.94. The van der Waals surface area contributed by atoms with Gasteiger partial charge in [-0.15, -0.1) is 0 Å². The van der Waals surface area contributed by atoms with E-state index in [2.05, 4.69) is 5.32 Å². The van der Waals surface area contributed by atoms with E-state index in [1.165, 1.54) is 12.1 Å². The second-order valence-corrected chi connectivity index (χ2v) is 4.81. The quantitative estimate of drug-likeness (QED) is 0.762. The first-order valence-electron chi connectivity index (χ1n) is 5.60. The summed E-state index contributed by atoms with van der Waals surface area (Å²) in [6.45, 7) is 0.436. The second kappa shape index (κ2) is 4.94. The smallest absolute Gasteiger partial charge is 0.255 e. The van der Waals surface area contributed by atoms with Gasteiger partial charge in [-0.2, -0.15) is 0 Å². The molecule has 4 N–H and O–H groups in total. The summed E-state index contributed by atoms with van der Waals surface area (Å²) >= 11 is 5.69. The van der Waals surface area contributed by atoms with Crippen molar-refractivity contribution in [2.75, 3.05) is 6.54 Å². The Morgan fingerprint density at radius 2 is 2.29 bits per heavy atom. The normalized spacial score (nSPS) is 16.6. The molecule has 1 aliphatic rings. The SMILES string of the molecule is NC(CNC(=O)c1ccc(Cl)cc1O)C1CC1. The molecular formula is C12H15ClN2O2. The molecule has 1 fully saturated rings. The number of nitrogens with two attached hydrogens (primary N) is 1. The Hall–Kier alpha value is -1.26. The van der Waals surface area contributed by atoms with Crippen molar-refractivity contribution in [3.63, 3.8) is 0 Å². The predicted molar refractivity (Wildman–Crippen MR) is 66.1 cm³/mol. The number of nitrogens with one attached hydrogen (secondary N) is 1. The predicted octanol–water partition coefficient (Wildman–Crippen LogP) is 1.51. The van der Waals surface area contributed by atoms with Crippen LogP contribution in [0.3, 0.4) is 0 Å². The molecule has 17 heavy (non-hydrogen) atoms. The minimum Gasteiger partial charge on any atom is -0.507 e. The Morgan fingerprint density at radius 1 is 1.59 bits per heavy atom. The number of carbonyl (C=O) groups excluding carboxylic acids is 1. The van der Waals surface area contributed by atoms with E-state index in [1.54, 1.807) is 6.07 Å². The lowest BCUT2D eigenvalue weighted by atomic mass is 10.1. The molecule has 0 saturated heterocycles. The van der Waals surface area contributed by atoms with Crippen LogP contribution in [-0.2, 0) is 0 Å². The third-order valence-electron chi connectivity index (χ3n) is 2.93. The van der Waals surface area contributed by atoms with Gasteiger partial charge in [0, 0.05) is 17.6 Å². The molecule has 1 aliphatic carbocycles. The van der Waals surface area contributed by atoms with Crippen molar-refractivity contribution in [1.82, 2.24) is 5.32 Å². The monoisotopic (exact) mass is 254 g/mol. The molecule has 1 aromatic carbocycles. The zero-order chi connectivity index (χ0) is 12.4. The zero-order valence-electron chi connectivity index (χ0n) is 9.32. The van der Waals surface area contributed by atoms with Gasteiger partial charge in [0.25, 0.3) is 5.91 Å². The number of hydrogen-bond donors (Lipinski definition) is 3. The molecule has 0 aromatic heterocycles. The van der Waals surface area contributed by atoms with E-state index in [-0.39, 0.29) is 23.3 Å². The molecule has 92 valence electrons. The van der Waals surface area contributed by atoms with Crippen LogP contribution < -0.4 is 11.1 Å². The highest BCUT2D eigenvalue weighted by Gasteiger charge is 2.28. The maximum atomic E-state index is 11.8. The lowest BCUT2D eigenvalue weighted by molar-refractivity contribution is 0.0947. The molecule has 1 amide bonds. The van der Waals surface area contributed by atoms with Crippen LogP contribution in [0, 0.1) is 5.92 Å². The molecule has 1 unspecified atom stereocenters. The fourth-order valence-corrected chi connectivity index (χ4v) is 1.86. The number of amides is 1. The zero-order valence-corrected chi connectivity index (χ0v) is 10.1. The van der Waals surface area contributed by atoms with Crippen LogP contribution in [0.4, 0.5) is 0 Å². The van der Waals surface area contributed by atoms with Gasteiger partial charge in [-0.25, -0.2) is 0 Å². The van der Waals surface area contributed by atoms with Gasteiger partial charge < -0.3 is 16.2 Å². The highest BCUT2D eigenvalue weighted by Crippen LogP contribution is 2.31. The first-order valence-corrected chi connectivity index (χ1v) is 5.98. The van der Waals surface area contributed by atoms with Gasteiger partial charge in [0.1, 0.15) is 5.75 Å². The summed E-state index contributed by atoms with van der Waals surface area (Å²) in [5.74, 6) is 0.0966. The first kappa shape index (κ1) is 12.2. The molecule has 0 spiro atoms. The number of phenolic OH excluding ortho intramolecular Hbond substituents is 1. The maximum Gasteiger partial charge on any atom is 0.255 e. The molecule has 4 nitrogen and oxygen atoms in total. The van der Waals surface area contributed by atoms with Gasteiger partial charge in [0.15, 0.2) is 0 Å². The topological polar surface area (TPSA) is 75.3 Å². The van der Waals surface area contributed by atoms with E-state index >= 15 is 0 Å². The Labute approximate surface area is 105 Å². The summed E-state index contributed by atoms with van der Waals surface area (Å²) < 4.78 is 0.